The summed E-state index contributed by atoms with van der Waals surface area (Å²) in [6.07, 6.45) is 22.9. The van der Waals surface area contributed by atoms with Crippen LogP contribution < -0.4 is 0 Å². The summed E-state index contributed by atoms with van der Waals surface area (Å²) in [4.78, 5) is 8.98. The van der Waals surface area contributed by atoms with Gasteiger partial charge in [0, 0.05) is 23.2 Å². The maximum Gasteiger partial charge on any atom is 0.385 e. The van der Waals surface area contributed by atoms with E-state index in [1.807, 2.05) is 37.4 Å². The molecule has 0 bridgehead atoms. The molecule has 0 N–H and O–H groups in total. The average molecular weight is 385 g/mol. The van der Waals surface area contributed by atoms with E-state index in [0.29, 0.717) is 0 Å². The number of aliphatic imine (C=N–C) groups is 1. The van der Waals surface area contributed by atoms with Gasteiger partial charge in [-0.25, -0.2) is 4.99 Å². The highest BCUT2D eigenvalue weighted by Crippen LogP contribution is 2.34. The normalized spacial score (nSPS) is 25.1. The molecule has 0 aromatic carbocycles. The maximum absolute atomic E-state index is 4.59. The van der Waals surface area contributed by atoms with Gasteiger partial charge in [0.1, 0.15) is 5.84 Å². The summed E-state index contributed by atoms with van der Waals surface area (Å²) in [6, 6.07) is 0. The van der Waals surface area contributed by atoms with Crippen LogP contribution in [-0.4, -0.2) is 22.4 Å². The molecule has 2 heterocycles. The molecule has 0 atom stereocenters. The van der Waals surface area contributed by atoms with E-state index >= 15 is 0 Å². The van der Waals surface area contributed by atoms with Crippen molar-refractivity contribution in [1.82, 2.24) is 9.62 Å². The molecule has 3 nitrogen and oxygen atoms in total. The van der Waals surface area contributed by atoms with Gasteiger partial charge in [0.2, 0.25) is 0 Å². The Hall–Kier alpha value is -3.01. The number of hydrogen-bond acceptors (Lipinski definition) is 2. The molecule has 0 radical (unpaired) electrons. The van der Waals surface area contributed by atoms with Crippen molar-refractivity contribution in [3.8, 4) is 0 Å². The summed E-state index contributed by atoms with van der Waals surface area (Å²) < 4.78 is 0. The second-order valence-electron chi connectivity index (χ2n) is 7.03. The van der Waals surface area contributed by atoms with Crippen molar-refractivity contribution in [2.75, 3.05) is 0 Å². The van der Waals surface area contributed by atoms with Crippen LogP contribution in [0.1, 0.15) is 32.6 Å². The summed E-state index contributed by atoms with van der Waals surface area (Å²) in [5, 5.41) is 0. The van der Waals surface area contributed by atoms with E-state index in [9.17, 15) is 0 Å². The van der Waals surface area contributed by atoms with Gasteiger partial charge in [-0.2, -0.15) is 0 Å². The van der Waals surface area contributed by atoms with Crippen LogP contribution in [-0.2, 0) is 0 Å². The predicted molar refractivity (Wildman–Crippen MR) is 129 cm³/mol. The fourth-order valence-corrected chi connectivity index (χ4v) is 3.80. The lowest BCUT2D eigenvalue weighted by atomic mass is 9.62. The topological polar surface area (TPSA) is 18.8 Å². The minimum atomic E-state index is 0.0458. The van der Waals surface area contributed by atoms with Crippen LogP contribution in [0.3, 0.4) is 0 Å². The van der Waals surface area contributed by atoms with E-state index < -0.39 is 0 Å². The third-order valence-electron chi connectivity index (χ3n) is 5.11. The van der Waals surface area contributed by atoms with Crippen molar-refractivity contribution < 1.29 is 0 Å². The largest absolute Gasteiger partial charge is 0.385 e. The Labute approximate surface area is 177 Å². The molecule has 4 heteroatoms. The lowest BCUT2D eigenvalue weighted by molar-refractivity contribution is 0.577. The fourth-order valence-electron chi connectivity index (χ4n) is 3.80. The first-order valence-electron chi connectivity index (χ1n) is 10.2. The van der Waals surface area contributed by atoms with E-state index in [-0.39, 0.29) is 6.98 Å². The van der Waals surface area contributed by atoms with Gasteiger partial charge in [-0.3, -0.25) is 0 Å². The Morgan fingerprint density at radius 1 is 1.07 bits per heavy atom. The summed E-state index contributed by atoms with van der Waals surface area (Å²) in [7, 11) is 0. The first-order chi connectivity index (χ1) is 14.1. The van der Waals surface area contributed by atoms with Crippen molar-refractivity contribution in [2.45, 2.75) is 38.9 Å². The highest BCUT2D eigenvalue weighted by molar-refractivity contribution is 6.59. The molecule has 1 fully saturated rings. The van der Waals surface area contributed by atoms with E-state index in [4.69, 9.17) is 0 Å². The summed E-state index contributed by atoms with van der Waals surface area (Å²) in [6.45, 7) is 22.4. The lowest BCUT2D eigenvalue weighted by Crippen LogP contribution is -2.56. The third kappa shape index (κ3) is 5.29. The molecular formula is C25H32BN3. The molecule has 0 amide bonds. The molecule has 2 aliphatic heterocycles. The van der Waals surface area contributed by atoms with Gasteiger partial charge in [-0.05, 0) is 44.4 Å². The second kappa shape index (κ2) is 11.1. The second-order valence-corrected chi connectivity index (χ2v) is 7.03. The minimum absolute atomic E-state index is 0.0458. The Balaban J connectivity index is 2.60. The van der Waals surface area contributed by atoms with Gasteiger partial charge in [0.15, 0.2) is 0 Å². The zero-order valence-corrected chi connectivity index (χ0v) is 17.7. The van der Waals surface area contributed by atoms with Crippen molar-refractivity contribution in [3.05, 3.63) is 110 Å². The van der Waals surface area contributed by atoms with Gasteiger partial charge < -0.3 is 9.62 Å². The Bertz CT molecular complexity index is 823. The number of hydrogen-bond donors (Lipinski definition) is 0. The molecule has 0 saturated carbocycles. The summed E-state index contributed by atoms with van der Waals surface area (Å²) in [5.41, 5.74) is 4.11. The molecule has 0 aliphatic carbocycles. The Morgan fingerprint density at radius 2 is 1.83 bits per heavy atom. The maximum atomic E-state index is 4.59. The first kappa shape index (κ1) is 22.3. The summed E-state index contributed by atoms with van der Waals surface area (Å²) >= 11 is 0. The Kier molecular flexibility index (Phi) is 8.54. The van der Waals surface area contributed by atoms with Gasteiger partial charge in [-0.15, -0.1) is 0 Å². The van der Waals surface area contributed by atoms with E-state index in [1.54, 1.807) is 12.3 Å². The van der Waals surface area contributed by atoms with Gasteiger partial charge in [-0.1, -0.05) is 81.7 Å². The molecule has 0 unspecified atom stereocenters. The molecule has 1 saturated heterocycles. The highest BCUT2D eigenvalue weighted by Gasteiger charge is 2.41. The zero-order valence-electron chi connectivity index (χ0n) is 17.7. The lowest BCUT2D eigenvalue weighted by Gasteiger charge is -2.45. The molecule has 2 rings (SSSR count). The number of rotatable bonds is 3. The van der Waals surface area contributed by atoms with Crippen LogP contribution in [0.2, 0.25) is 6.32 Å². The first-order valence-corrected chi connectivity index (χ1v) is 10.2. The van der Waals surface area contributed by atoms with Gasteiger partial charge in [0.05, 0.1) is 0 Å². The monoisotopic (exact) mass is 385 g/mol. The van der Waals surface area contributed by atoms with Crippen LogP contribution in [0.15, 0.2) is 115 Å². The van der Waals surface area contributed by atoms with Crippen LogP contribution in [0, 0.1) is 0 Å². The number of nitrogens with zero attached hydrogens (tertiary/aromatic N) is 3. The van der Waals surface area contributed by atoms with Crippen molar-refractivity contribution >= 4 is 12.8 Å². The van der Waals surface area contributed by atoms with Crippen LogP contribution >= 0.6 is 0 Å². The number of fused-ring (bicyclic) bond motifs is 1. The smallest absolute Gasteiger partial charge is 0.366 e. The molecule has 0 aromatic rings. The average Bonchev–Trinajstić information content (AvgIpc) is 2.72. The molecule has 29 heavy (non-hydrogen) atoms. The van der Waals surface area contributed by atoms with E-state index in [0.717, 1.165) is 60.4 Å². The molecule has 2 aliphatic rings. The van der Waals surface area contributed by atoms with Crippen LogP contribution in [0.4, 0.5) is 0 Å². The number of allylic oxidation sites excluding steroid dienone is 8. The molecular weight excluding hydrogens is 353 g/mol. The SMILES string of the molecule is C=C/C=C1/C(=NC=C)N(C=C)B2CCCCCC(=C)/C=C\C=C/C(=C)N2/C1=C/C. The van der Waals surface area contributed by atoms with Crippen LogP contribution in [0.5, 0.6) is 0 Å². The van der Waals surface area contributed by atoms with Gasteiger partial charge >= 0.3 is 6.98 Å². The van der Waals surface area contributed by atoms with Gasteiger partial charge in [0.25, 0.3) is 0 Å². The predicted octanol–water partition coefficient (Wildman–Crippen LogP) is 6.55. The van der Waals surface area contributed by atoms with E-state index in [2.05, 4.69) is 59.7 Å². The van der Waals surface area contributed by atoms with E-state index in [1.165, 1.54) is 0 Å². The third-order valence-corrected chi connectivity index (χ3v) is 5.11. The van der Waals surface area contributed by atoms with Crippen molar-refractivity contribution in [1.29, 1.82) is 0 Å². The van der Waals surface area contributed by atoms with Crippen molar-refractivity contribution in [3.63, 3.8) is 0 Å². The quantitative estimate of drug-likeness (QED) is 0.513. The zero-order chi connectivity index (χ0) is 21.2. The molecule has 150 valence electrons. The standard InChI is InChI=1S/C25H32BN3/c1-7-16-23-24(8-2)29-22(6)19-14-13-18-21(5)17-12-11-15-20-26(29)28(10-4)25(23)27-9-3/h7-10,13-14,16,18-19H,1,3-6,11-12,15,17,20H2,2H3/b18-13-,19-14-,23-16+,24-8+,27-25?. The molecule has 0 spiro atoms. The molecule has 0 aromatic heterocycles. The number of amidine groups is 1. The summed E-state index contributed by atoms with van der Waals surface area (Å²) in [5.74, 6) is 0.832. The van der Waals surface area contributed by atoms with Crippen molar-refractivity contribution in [2.24, 2.45) is 4.99 Å². The minimum Gasteiger partial charge on any atom is -0.366 e. The van der Waals surface area contributed by atoms with Crippen LogP contribution in [0.25, 0.3) is 0 Å². The Morgan fingerprint density at radius 3 is 2.48 bits per heavy atom. The fraction of sp³-hybridized carbons (Fsp3) is 0.240. The highest BCUT2D eigenvalue weighted by atomic mass is 15.3.